The maximum Gasteiger partial charge on any atom is -0.0127 e. The van der Waals surface area contributed by atoms with E-state index in [1.165, 1.54) is 40.7 Å². The van der Waals surface area contributed by atoms with Crippen LogP contribution in [0.2, 0.25) is 0 Å². The van der Waals surface area contributed by atoms with Crippen molar-refractivity contribution in [2.24, 2.45) is 0 Å². The van der Waals surface area contributed by atoms with Gasteiger partial charge in [0.1, 0.15) is 0 Å². The van der Waals surface area contributed by atoms with Crippen LogP contribution in [0.1, 0.15) is 55.9 Å². The number of rotatable bonds is 1. The van der Waals surface area contributed by atoms with Crippen molar-refractivity contribution in [3.8, 4) is 0 Å². The lowest BCUT2D eigenvalue weighted by Crippen LogP contribution is -2.15. The lowest BCUT2D eigenvalue weighted by molar-refractivity contribution is 0.582. The zero-order valence-corrected chi connectivity index (χ0v) is 12.3. The molecule has 0 heterocycles. The number of allylic oxidation sites excluding steroid dienone is 4. The maximum atomic E-state index is 2.35. The molecule has 0 aliphatic heterocycles. The molecule has 96 valence electrons. The molecule has 0 N–H and O–H groups in total. The molecule has 2 rings (SSSR count). The predicted octanol–water partition coefficient (Wildman–Crippen LogP) is 5.33. The number of aryl methyl sites for hydroxylation is 2. The van der Waals surface area contributed by atoms with Gasteiger partial charge in [0.2, 0.25) is 0 Å². The summed E-state index contributed by atoms with van der Waals surface area (Å²) in [5, 5.41) is 0. The SMILES string of the molecule is Cc1cc(C2=CCCC=C2)cc(C)c1C(C)(C)C. The molecule has 0 atom stereocenters. The summed E-state index contributed by atoms with van der Waals surface area (Å²) in [5.41, 5.74) is 7.30. The highest BCUT2D eigenvalue weighted by Gasteiger charge is 2.19. The first-order valence-corrected chi connectivity index (χ1v) is 6.88. The van der Waals surface area contributed by atoms with Gasteiger partial charge in [0.15, 0.2) is 0 Å². The molecule has 0 radical (unpaired) electrons. The standard InChI is InChI=1S/C18H24/c1-13-11-16(15-9-7-6-8-10-15)12-14(2)17(13)18(3,4)5/h7,9-12H,6,8H2,1-5H3. The van der Waals surface area contributed by atoms with E-state index in [4.69, 9.17) is 0 Å². The summed E-state index contributed by atoms with van der Waals surface area (Å²) in [6.07, 6.45) is 9.24. The van der Waals surface area contributed by atoms with E-state index < -0.39 is 0 Å². The number of benzene rings is 1. The van der Waals surface area contributed by atoms with E-state index >= 15 is 0 Å². The fraction of sp³-hybridized carbons (Fsp3) is 0.444. The molecule has 0 spiro atoms. The molecular weight excluding hydrogens is 216 g/mol. The lowest BCUT2D eigenvalue weighted by atomic mass is 9.80. The summed E-state index contributed by atoms with van der Waals surface area (Å²) in [6, 6.07) is 4.68. The Hall–Kier alpha value is -1.30. The third-order valence-electron chi connectivity index (χ3n) is 3.61. The molecule has 0 saturated carbocycles. The Morgan fingerprint density at radius 2 is 1.56 bits per heavy atom. The Morgan fingerprint density at radius 1 is 0.944 bits per heavy atom. The van der Waals surface area contributed by atoms with E-state index in [1.54, 1.807) is 0 Å². The number of hydrogen-bond donors (Lipinski definition) is 0. The third kappa shape index (κ3) is 2.58. The third-order valence-corrected chi connectivity index (χ3v) is 3.61. The van der Waals surface area contributed by atoms with E-state index in [2.05, 4.69) is 65.0 Å². The molecule has 1 aliphatic rings. The fourth-order valence-corrected chi connectivity index (χ4v) is 3.14. The van der Waals surface area contributed by atoms with Gasteiger partial charge < -0.3 is 0 Å². The van der Waals surface area contributed by atoms with E-state index in [0.29, 0.717) is 0 Å². The first kappa shape index (κ1) is 13.1. The van der Waals surface area contributed by atoms with Gasteiger partial charge in [0.05, 0.1) is 0 Å². The first-order valence-electron chi connectivity index (χ1n) is 6.88. The first-order chi connectivity index (χ1) is 8.39. The molecule has 0 fully saturated rings. The molecule has 0 amide bonds. The maximum absolute atomic E-state index is 2.35. The molecular formula is C18H24. The van der Waals surface area contributed by atoms with Gasteiger partial charge in [0, 0.05) is 0 Å². The second kappa shape index (κ2) is 4.76. The normalized spacial score (nSPS) is 15.7. The Morgan fingerprint density at radius 3 is 2.00 bits per heavy atom. The van der Waals surface area contributed by atoms with Gasteiger partial charge in [-0.3, -0.25) is 0 Å². The van der Waals surface area contributed by atoms with Gasteiger partial charge in [-0.2, -0.15) is 0 Å². The molecule has 0 bridgehead atoms. The van der Waals surface area contributed by atoms with Crippen LogP contribution < -0.4 is 0 Å². The topological polar surface area (TPSA) is 0 Å². The van der Waals surface area contributed by atoms with Crippen LogP contribution in [0.15, 0.2) is 30.4 Å². The average Bonchev–Trinajstić information content (AvgIpc) is 2.27. The van der Waals surface area contributed by atoms with Gasteiger partial charge in [-0.15, -0.1) is 0 Å². The summed E-state index contributed by atoms with van der Waals surface area (Å²) in [5.74, 6) is 0. The molecule has 1 aromatic carbocycles. The highest BCUT2D eigenvalue weighted by Crippen LogP contribution is 2.32. The van der Waals surface area contributed by atoms with Gasteiger partial charge >= 0.3 is 0 Å². The van der Waals surface area contributed by atoms with Crippen molar-refractivity contribution in [3.05, 3.63) is 52.6 Å². The molecule has 1 aromatic rings. The molecule has 1 aliphatic carbocycles. The minimum absolute atomic E-state index is 0.226. The quantitative estimate of drug-likeness (QED) is 0.622. The molecule has 0 saturated heterocycles. The van der Waals surface area contributed by atoms with E-state index in [0.717, 1.165) is 0 Å². The van der Waals surface area contributed by atoms with E-state index in [-0.39, 0.29) is 5.41 Å². The second-order valence-electron chi connectivity index (χ2n) is 6.37. The van der Waals surface area contributed by atoms with Crippen LogP contribution in [-0.4, -0.2) is 0 Å². The highest BCUT2D eigenvalue weighted by molar-refractivity contribution is 5.76. The van der Waals surface area contributed by atoms with Crippen molar-refractivity contribution in [1.29, 1.82) is 0 Å². The smallest absolute Gasteiger partial charge is 0.0127 e. The summed E-state index contributed by atoms with van der Waals surface area (Å²) >= 11 is 0. The molecule has 0 heteroatoms. The van der Waals surface area contributed by atoms with Crippen LogP contribution >= 0.6 is 0 Å². The van der Waals surface area contributed by atoms with Crippen LogP contribution in [0.25, 0.3) is 5.57 Å². The minimum Gasteiger partial charge on any atom is -0.0836 e. The molecule has 0 unspecified atom stereocenters. The Balaban J connectivity index is 2.49. The van der Waals surface area contributed by atoms with Gasteiger partial charge in [-0.1, -0.05) is 51.1 Å². The van der Waals surface area contributed by atoms with Crippen molar-refractivity contribution >= 4 is 5.57 Å². The Kier molecular flexibility index (Phi) is 3.47. The highest BCUT2D eigenvalue weighted by atomic mass is 14.2. The van der Waals surface area contributed by atoms with Crippen LogP contribution in [-0.2, 0) is 5.41 Å². The second-order valence-corrected chi connectivity index (χ2v) is 6.37. The fourth-order valence-electron chi connectivity index (χ4n) is 3.14. The molecule has 18 heavy (non-hydrogen) atoms. The van der Waals surface area contributed by atoms with Crippen LogP contribution in [0.5, 0.6) is 0 Å². The van der Waals surface area contributed by atoms with Crippen molar-refractivity contribution in [1.82, 2.24) is 0 Å². The van der Waals surface area contributed by atoms with Crippen molar-refractivity contribution in [2.75, 3.05) is 0 Å². The van der Waals surface area contributed by atoms with Crippen molar-refractivity contribution in [3.63, 3.8) is 0 Å². The summed E-state index contributed by atoms with van der Waals surface area (Å²) < 4.78 is 0. The molecule has 0 nitrogen and oxygen atoms in total. The summed E-state index contributed by atoms with van der Waals surface area (Å²) in [7, 11) is 0. The zero-order chi connectivity index (χ0) is 13.3. The minimum atomic E-state index is 0.226. The van der Waals surface area contributed by atoms with Gasteiger partial charge in [-0.25, -0.2) is 0 Å². The van der Waals surface area contributed by atoms with Crippen molar-refractivity contribution in [2.45, 2.75) is 52.9 Å². The van der Waals surface area contributed by atoms with Crippen LogP contribution in [0.3, 0.4) is 0 Å². The average molecular weight is 240 g/mol. The summed E-state index contributed by atoms with van der Waals surface area (Å²) in [6.45, 7) is 11.4. The summed E-state index contributed by atoms with van der Waals surface area (Å²) in [4.78, 5) is 0. The van der Waals surface area contributed by atoms with Crippen molar-refractivity contribution < 1.29 is 0 Å². The van der Waals surface area contributed by atoms with Crippen LogP contribution in [0, 0.1) is 13.8 Å². The van der Waals surface area contributed by atoms with Gasteiger partial charge in [-0.05, 0) is 59.9 Å². The predicted molar refractivity (Wildman–Crippen MR) is 81.0 cm³/mol. The van der Waals surface area contributed by atoms with Crippen LogP contribution in [0.4, 0.5) is 0 Å². The van der Waals surface area contributed by atoms with E-state index in [1.807, 2.05) is 0 Å². The largest absolute Gasteiger partial charge is 0.0836 e. The lowest BCUT2D eigenvalue weighted by Gasteiger charge is -2.25. The number of hydrogen-bond acceptors (Lipinski definition) is 0. The molecule has 0 aromatic heterocycles. The zero-order valence-electron chi connectivity index (χ0n) is 12.3. The van der Waals surface area contributed by atoms with Gasteiger partial charge in [0.25, 0.3) is 0 Å². The Bertz CT molecular complexity index is 484. The monoisotopic (exact) mass is 240 g/mol. The van der Waals surface area contributed by atoms with E-state index in [9.17, 15) is 0 Å². The Labute approximate surface area is 111 Å².